The van der Waals surface area contributed by atoms with Crippen LogP contribution in [0.1, 0.15) is 30.9 Å². The monoisotopic (exact) mass is 228 g/mol. The van der Waals surface area contributed by atoms with Gasteiger partial charge >= 0.3 is 0 Å². The molecule has 0 aliphatic heterocycles. The molecule has 1 fully saturated rings. The average molecular weight is 228 g/mol. The van der Waals surface area contributed by atoms with E-state index in [0.29, 0.717) is 5.92 Å². The molecule has 1 saturated carbocycles. The molecular formula is C14H16N2O. The summed E-state index contributed by atoms with van der Waals surface area (Å²) < 4.78 is 3.75. The van der Waals surface area contributed by atoms with E-state index in [9.17, 15) is 4.79 Å². The van der Waals surface area contributed by atoms with Crippen molar-refractivity contribution in [2.45, 2.75) is 25.2 Å². The lowest BCUT2D eigenvalue weighted by Crippen LogP contribution is -2.20. The van der Waals surface area contributed by atoms with Gasteiger partial charge in [-0.05, 0) is 25.0 Å². The van der Waals surface area contributed by atoms with Crippen LogP contribution in [0.4, 0.5) is 0 Å². The fraction of sp³-hybridized carbons (Fsp3) is 0.357. The molecule has 88 valence electrons. The van der Waals surface area contributed by atoms with E-state index < -0.39 is 0 Å². The maximum Gasteiger partial charge on any atom is 0.271 e. The Morgan fingerprint density at radius 2 is 1.88 bits per heavy atom. The summed E-state index contributed by atoms with van der Waals surface area (Å²) in [5, 5.41) is 0. The molecule has 3 rings (SSSR count). The summed E-state index contributed by atoms with van der Waals surface area (Å²) in [5.74, 6) is 0.581. The average Bonchev–Trinajstić information content (AvgIpc) is 2.54. The van der Waals surface area contributed by atoms with Crippen LogP contribution in [0.5, 0.6) is 0 Å². The van der Waals surface area contributed by atoms with Crippen molar-refractivity contribution in [3.05, 3.63) is 52.4 Å². The van der Waals surface area contributed by atoms with Crippen LogP contribution in [-0.4, -0.2) is 9.36 Å². The normalized spacial score (nSPS) is 15.8. The Labute approximate surface area is 100 Å². The second kappa shape index (κ2) is 3.91. The van der Waals surface area contributed by atoms with Gasteiger partial charge in [-0.2, -0.15) is 0 Å². The summed E-state index contributed by atoms with van der Waals surface area (Å²) in [6.07, 6.45) is 3.72. The highest BCUT2D eigenvalue weighted by atomic mass is 16.1. The van der Waals surface area contributed by atoms with Crippen LogP contribution in [0.3, 0.4) is 0 Å². The topological polar surface area (TPSA) is 26.9 Å². The minimum absolute atomic E-state index is 0.0700. The molecular weight excluding hydrogens is 212 g/mol. The van der Waals surface area contributed by atoms with Gasteiger partial charge in [0.15, 0.2) is 0 Å². The van der Waals surface area contributed by atoms with E-state index in [1.165, 1.54) is 25.0 Å². The Kier molecular flexibility index (Phi) is 2.39. The highest BCUT2D eigenvalue weighted by Gasteiger charge is 2.24. The minimum Gasteiger partial charge on any atom is -0.285 e. The Morgan fingerprint density at radius 1 is 1.18 bits per heavy atom. The first-order valence-electron chi connectivity index (χ1n) is 6.12. The quantitative estimate of drug-likeness (QED) is 0.775. The van der Waals surface area contributed by atoms with Crippen LogP contribution in [0, 0.1) is 0 Å². The molecule has 0 amide bonds. The molecule has 1 heterocycles. The number of hydrogen-bond acceptors (Lipinski definition) is 1. The van der Waals surface area contributed by atoms with E-state index in [-0.39, 0.29) is 5.56 Å². The second-order valence-corrected chi connectivity index (χ2v) is 4.71. The first-order valence-corrected chi connectivity index (χ1v) is 6.12. The van der Waals surface area contributed by atoms with Gasteiger partial charge in [0.1, 0.15) is 0 Å². The number of hydrogen-bond donors (Lipinski definition) is 0. The van der Waals surface area contributed by atoms with E-state index in [1.807, 2.05) is 42.1 Å². The molecule has 0 spiro atoms. The predicted molar refractivity (Wildman–Crippen MR) is 67.6 cm³/mol. The lowest BCUT2D eigenvalue weighted by molar-refractivity contribution is 0.392. The number of para-hydroxylation sites is 1. The zero-order valence-electron chi connectivity index (χ0n) is 9.97. The summed E-state index contributed by atoms with van der Waals surface area (Å²) in [4.78, 5) is 12.0. The number of aromatic nitrogens is 2. The molecule has 0 saturated heterocycles. The Bertz CT molecular complexity index is 576. The molecule has 0 radical (unpaired) electrons. The van der Waals surface area contributed by atoms with Crippen LogP contribution in [0.25, 0.3) is 5.69 Å². The zero-order chi connectivity index (χ0) is 11.8. The van der Waals surface area contributed by atoms with Crippen molar-refractivity contribution in [1.82, 2.24) is 9.36 Å². The van der Waals surface area contributed by atoms with Crippen LogP contribution in [-0.2, 0) is 7.05 Å². The van der Waals surface area contributed by atoms with Gasteiger partial charge in [0.2, 0.25) is 0 Å². The van der Waals surface area contributed by atoms with Crippen molar-refractivity contribution in [2.75, 3.05) is 0 Å². The maximum absolute atomic E-state index is 12.0. The molecule has 0 bridgehead atoms. The number of benzene rings is 1. The Balaban J connectivity index is 2.11. The first-order chi connectivity index (χ1) is 8.27. The fourth-order valence-electron chi connectivity index (χ4n) is 2.50. The molecule has 0 unspecified atom stereocenters. The summed E-state index contributed by atoms with van der Waals surface area (Å²) in [5.41, 5.74) is 2.18. The number of nitrogens with zero attached hydrogens (tertiary/aromatic N) is 2. The van der Waals surface area contributed by atoms with Gasteiger partial charge in [0.05, 0.1) is 5.69 Å². The predicted octanol–water partition coefficient (Wildman–Crippen LogP) is 2.44. The molecule has 2 aromatic rings. The lowest BCUT2D eigenvalue weighted by Gasteiger charge is -2.26. The van der Waals surface area contributed by atoms with E-state index in [2.05, 4.69) is 0 Å². The molecule has 3 nitrogen and oxygen atoms in total. The molecule has 1 aromatic heterocycles. The molecule has 0 N–H and O–H groups in total. The van der Waals surface area contributed by atoms with Crippen molar-refractivity contribution < 1.29 is 0 Å². The van der Waals surface area contributed by atoms with Gasteiger partial charge in [-0.3, -0.25) is 9.48 Å². The summed E-state index contributed by atoms with van der Waals surface area (Å²) in [6.45, 7) is 0. The van der Waals surface area contributed by atoms with Crippen LogP contribution >= 0.6 is 0 Å². The Morgan fingerprint density at radius 3 is 2.47 bits per heavy atom. The van der Waals surface area contributed by atoms with Gasteiger partial charge in [-0.1, -0.05) is 24.6 Å². The third-order valence-electron chi connectivity index (χ3n) is 3.68. The highest BCUT2D eigenvalue weighted by molar-refractivity contribution is 5.31. The largest absolute Gasteiger partial charge is 0.285 e. The van der Waals surface area contributed by atoms with Gasteiger partial charge in [-0.15, -0.1) is 0 Å². The van der Waals surface area contributed by atoms with Crippen LogP contribution in [0.15, 0.2) is 41.2 Å². The molecule has 1 aromatic carbocycles. The van der Waals surface area contributed by atoms with E-state index in [1.54, 1.807) is 10.7 Å². The molecule has 1 aliphatic carbocycles. The fourth-order valence-corrected chi connectivity index (χ4v) is 2.50. The van der Waals surface area contributed by atoms with Gasteiger partial charge in [0.25, 0.3) is 5.56 Å². The summed E-state index contributed by atoms with van der Waals surface area (Å²) >= 11 is 0. The van der Waals surface area contributed by atoms with Crippen molar-refractivity contribution in [2.24, 2.45) is 7.05 Å². The van der Waals surface area contributed by atoms with Crippen LogP contribution in [0.2, 0.25) is 0 Å². The third kappa shape index (κ3) is 1.62. The molecule has 1 aliphatic rings. The van der Waals surface area contributed by atoms with E-state index in [4.69, 9.17) is 0 Å². The lowest BCUT2D eigenvalue weighted by atomic mass is 9.83. The van der Waals surface area contributed by atoms with Crippen LogP contribution < -0.4 is 5.56 Å². The molecule has 0 atom stereocenters. The molecule has 17 heavy (non-hydrogen) atoms. The second-order valence-electron chi connectivity index (χ2n) is 4.71. The third-order valence-corrected chi connectivity index (χ3v) is 3.68. The summed E-state index contributed by atoms with van der Waals surface area (Å²) in [6, 6.07) is 11.6. The highest BCUT2D eigenvalue weighted by Crippen LogP contribution is 2.35. The van der Waals surface area contributed by atoms with E-state index in [0.717, 1.165) is 5.69 Å². The summed E-state index contributed by atoms with van der Waals surface area (Å²) in [7, 11) is 1.97. The smallest absolute Gasteiger partial charge is 0.271 e. The van der Waals surface area contributed by atoms with Crippen molar-refractivity contribution >= 4 is 0 Å². The maximum atomic E-state index is 12.0. The van der Waals surface area contributed by atoms with Gasteiger partial charge in [0, 0.05) is 24.7 Å². The van der Waals surface area contributed by atoms with Crippen molar-refractivity contribution in [1.29, 1.82) is 0 Å². The van der Waals surface area contributed by atoms with Gasteiger partial charge < -0.3 is 0 Å². The van der Waals surface area contributed by atoms with Crippen molar-refractivity contribution in [3.63, 3.8) is 0 Å². The van der Waals surface area contributed by atoms with Crippen molar-refractivity contribution in [3.8, 4) is 5.69 Å². The Hall–Kier alpha value is -1.77. The SMILES string of the molecule is Cn1c(C2CCC2)cc(=O)n1-c1ccccc1. The van der Waals surface area contributed by atoms with E-state index >= 15 is 0 Å². The minimum atomic E-state index is 0.0700. The first kappa shape index (κ1) is 10.4. The van der Waals surface area contributed by atoms with Gasteiger partial charge in [-0.25, -0.2) is 4.68 Å². The standard InChI is InChI=1S/C14H16N2O/c1-15-13(11-6-5-7-11)10-14(17)16(15)12-8-3-2-4-9-12/h2-4,8-11H,5-7H2,1H3. The zero-order valence-corrected chi connectivity index (χ0v) is 9.97. The molecule has 3 heteroatoms. The number of rotatable bonds is 2.